The Kier molecular flexibility index (Phi) is 6.04. The Morgan fingerprint density at radius 1 is 0.522 bits per heavy atom. The number of hydrogen-bond acceptors (Lipinski definition) is 3. The first kappa shape index (κ1) is 26.6. The molecule has 0 N–H and O–H groups in total. The van der Waals surface area contributed by atoms with E-state index in [9.17, 15) is 0 Å². The van der Waals surface area contributed by atoms with Crippen molar-refractivity contribution in [2.45, 2.75) is 13.8 Å². The van der Waals surface area contributed by atoms with E-state index in [1.165, 1.54) is 44.0 Å². The van der Waals surface area contributed by atoms with Crippen LogP contribution in [0.3, 0.4) is 0 Å². The van der Waals surface area contributed by atoms with Gasteiger partial charge in [-0.3, -0.25) is 0 Å². The van der Waals surface area contributed by atoms with Crippen LogP contribution in [-0.4, -0.2) is 6.71 Å². The molecule has 0 saturated carbocycles. The van der Waals surface area contributed by atoms with Crippen LogP contribution in [-0.2, 0) is 0 Å². The van der Waals surface area contributed by atoms with Crippen molar-refractivity contribution in [3.8, 4) is 11.5 Å². The van der Waals surface area contributed by atoms with Crippen molar-refractivity contribution < 1.29 is 4.74 Å². The van der Waals surface area contributed by atoms with Gasteiger partial charge in [-0.2, -0.15) is 0 Å². The molecule has 0 amide bonds. The van der Waals surface area contributed by atoms with E-state index in [0.29, 0.717) is 0 Å². The summed E-state index contributed by atoms with van der Waals surface area (Å²) in [5.74, 6) is 1.80. The molecular formula is C42H31BN2O. The summed E-state index contributed by atoms with van der Waals surface area (Å²) in [6.45, 7) is 4.28. The van der Waals surface area contributed by atoms with Gasteiger partial charge in [-0.15, -0.1) is 0 Å². The summed E-state index contributed by atoms with van der Waals surface area (Å²) < 4.78 is 6.88. The van der Waals surface area contributed by atoms with Gasteiger partial charge in [0.25, 0.3) is 6.71 Å². The Morgan fingerprint density at radius 2 is 1.17 bits per heavy atom. The van der Waals surface area contributed by atoms with Crippen molar-refractivity contribution in [1.82, 2.24) is 0 Å². The van der Waals surface area contributed by atoms with E-state index in [2.05, 4.69) is 175 Å². The highest BCUT2D eigenvalue weighted by atomic mass is 16.5. The number of nitrogens with zero attached hydrogens (tertiary/aromatic N) is 2. The fourth-order valence-corrected chi connectivity index (χ4v) is 7.27. The first-order valence-corrected chi connectivity index (χ1v) is 15.9. The van der Waals surface area contributed by atoms with Crippen LogP contribution in [0.25, 0.3) is 10.8 Å². The lowest BCUT2D eigenvalue weighted by Crippen LogP contribution is -2.59. The van der Waals surface area contributed by atoms with Gasteiger partial charge in [-0.1, -0.05) is 96.1 Å². The summed E-state index contributed by atoms with van der Waals surface area (Å²) in [5.41, 5.74) is 13.0. The number of benzene rings is 7. The molecule has 0 radical (unpaired) electrons. The molecule has 218 valence electrons. The summed E-state index contributed by atoms with van der Waals surface area (Å²) in [6.07, 6.45) is 0. The highest BCUT2D eigenvalue weighted by Crippen LogP contribution is 2.43. The molecule has 3 nitrogen and oxygen atoms in total. The Labute approximate surface area is 270 Å². The fraction of sp³-hybridized carbons (Fsp3) is 0.0476. The lowest BCUT2D eigenvalue weighted by Gasteiger charge is -2.40. The van der Waals surface area contributed by atoms with E-state index in [0.717, 1.165) is 39.9 Å². The first-order valence-electron chi connectivity index (χ1n) is 15.9. The molecule has 0 atom stereocenters. The first-order chi connectivity index (χ1) is 22.6. The summed E-state index contributed by atoms with van der Waals surface area (Å²) in [4.78, 5) is 4.71. The van der Waals surface area contributed by atoms with Gasteiger partial charge in [0.05, 0.1) is 0 Å². The Hall–Kier alpha value is -5.74. The average Bonchev–Trinajstić information content (AvgIpc) is 3.10. The molecule has 46 heavy (non-hydrogen) atoms. The zero-order valence-corrected chi connectivity index (χ0v) is 25.8. The van der Waals surface area contributed by atoms with Crippen LogP contribution in [0.2, 0.25) is 0 Å². The van der Waals surface area contributed by atoms with Crippen molar-refractivity contribution in [1.29, 1.82) is 0 Å². The number of rotatable bonds is 4. The van der Waals surface area contributed by atoms with Crippen molar-refractivity contribution >= 4 is 68.0 Å². The minimum atomic E-state index is 0.0252. The second-order valence-corrected chi connectivity index (χ2v) is 12.3. The van der Waals surface area contributed by atoms with Gasteiger partial charge in [-0.05, 0) is 102 Å². The van der Waals surface area contributed by atoms with Crippen LogP contribution >= 0.6 is 0 Å². The highest BCUT2D eigenvalue weighted by molar-refractivity contribution is 7.00. The van der Waals surface area contributed by atoms with Crippen LogP contribution in [0.4, 0.5) is 34.1 Å². The number of ether oxygens (including phenoxy) is 1. The summed E-state index contributed by atoms with van der Waals surface area (Å²) in [7, 11) is 0. The fourth-order valence-electron chi connectivity index (χ4n) is 7.27. The van der Waals surface area contributed by atoms with Crippen LogP contribution in [0.15, 0.2) is 152 Å². The monoisotopic (exact) mass is 590 g/mol. The summed E-state index contributed by atoms with van der Waals surface area (Å²) in [6, 6.07) is 54.7. The van der Waals surface area contributed by atoms with Crippen LogP contribution in [0.1, 0.15) is 11.1 Å². The zero-order chi connectivity index (χ0) is 30.8. The highest BCUT2D eigenvalue weighted by Gasteiger charge is 2.42. The molecule has 0 aliphatic carbocycles. The van der Waals surface area contributed by atoms with Gasteiger partial charge in [-0.25, -0.2) is 0 Å². The van der Waals surface area contributed by atoms with Gasteiger partial charge in [0.2, 0.25) is 0 Å². The van der Waals surface area contributed by atoms with Gasteiger partial charge in [0, 0.05) is 40.2 Å². The number of para-hydroxylation sites is 1. The number of aryl methyl sites for hydroxylation is 2. The number of fused-ring (bicyclic) bond motifs is 6. The quantitative estimate of drug-likeness (QED) is 0.190. The molecule has 0 bridgehead atoms. The van der Waals surface area contributed by atoms with Crippen molar-refractivity contribution in [2.75, 3.05) is 9.80 Å². The molecule has 7 aromatic carbocycles. The second kappa shape index (κ2) is 10.4. The molecular weight excluding hydrogens is 559 g/mol. The third-order valence-electron chi connectivity index (χ3n) is 9.43. The molecule has 0 spiro atoms. The Bertz CT molecular complexity index is 2220. The van der Waals surface area contributed by atoms with Crippen molar-refractivity contribution in [3.05, 3.63) is 163 Å². The largest absolute Gasteiger partial charge is 0.458 e. The molecule has 0 unspecified atom stereocenters. The smallest absolute Gasteiger partial charge is 0.257 e. The van der Waals surface area contributed by atoms with Crippen LogP contribution in [0, 0.1) is 13.8 Å². The predicted molar refractivity (Wildman–Crippen MR) is 194 cm³/mol. The third kappa shape index (κ3) is 4.14. The van der Waals surface area contributed by atoms with E-state index >= 15 is 0 Å². The van der Waals surface area contributed by atoms with E-state index in [1.54, 1.807) is 0 Å². The number of hydrogen-bond donors (Lipinski definition) is 0. The molecule has 2 aliphatic rings. The SMILES string of the molecule is Cc1ccc(N(c2ccc(C)cc2)c2ccc3c(c2)Oc2cccc4c2B3c2c(ccc3ccccc23)N4c2ccccc2)cc1. The molecule has 2 aliphatic heterocycles. The maximum atomic E-state index is 6.88. The normalized spacial score (nSPS) is 12.7. The molecule has 9 rings (SSSR count). The standard InChI is InChI=1S/C42H31BN2O/c1-28-15-20-32(21-16-28)44(33-22-17-29(2)18-23-33)34-24-25-36-40(27-34)46-39-14-8-13-37-42(39)43(36)41-35-12-7-6-9-30(35)19-26-38(41)45(37)31-10-4-3-5-11-31/h3-27H,1-2H3. The van der Waals surface area contributed by atoms with E-state index in [-0.39, 0.29) is 6.71 Å². The van der Waals surface area contributed by atoms with E-state index in [4.69, 9.17) is 4.74 Å². The van der Waals surface area contributed by atoms with Gasteiger partial charge in [0.15, 0.2) is 0 Å². The minimum absolute atomic E-state index is 0.0252. The summed E-state index contributed by atoms with van der Waals surface area (Å²) >= 11 is 0. The Morgan fingerprint density at radius 3 is 1.91 bits per heavy atom. The molecule has 7 aromatic rings. The molecule has 0 fully saturated rings. The zero-order valence-electron chi connectivity index (χ0n) is 25.8. The van der Waals surface area contributed by atoms with Crippen LogP contribution in [0.5, 0.6) is 11.5 Å². The van der Waals surface area contributed by atoms with Gasteiger partial charge < -0.3 is 14.5 Å². The van der Waals surface area contributed by atoms with Crippen molar-refractivity contribution in [2.24, 2.45) is 0 Å². The van der Waals surface area contributed by atoms with E-state index in [1.807, 2.05) is 0 Å². The molecule has 0 saturated heterocycles. The number of anilines is 6. The predicted octanol–water partition coefficient (Wildman–Crippen LogP) is 9.33. The maximum absolute atomic E-state index is 6.88. The summed E-state index contributed by atoms with van der Waals surface area (Å²) in [5, 5.41) is 2.51. The molecule has 0 aromatic heterocycles. The van der Waals surface area contributed by atoms with Crippen LogP contribution < -0.4 is 30.9 Å². The topological polar surface area (TPSA) is 15.7 Å². The van der Waals surface area contributed by atoms with E-state index < -0.39 is 0 Å². The minimum Gasteiger partial charge on any atom is -0.458 e. The Balaban J connectivity index is 1.27. The third-order valence-corrected chi connectivity index (χ3v) is 9.43. The average molecular weight is 591 g/mol. The molecule has 2 heterocycles. The lowest BCUT2D eigenvalue weighted by atomic mass is 9.33. The van der Waals surface area contributed by atoms with Gasteiger partial charge >= 0.3 is 0 Å². The lowest BCUT2D eigenvalue weighted by molar-refractivity contribution is 0.487. The second-order valence-electron chi connectivity index (χ2n) is 12.3. The molecule has 4 heteroatoms. The maximum Gasteiger partial charge on any atom is 0.257 e. The van der Waals surface area contributed by atoms with Crippen molar-refractivity contribution in [3.63, 3.8) is 0 Å². The van der Waals surface area contributed by atoms with Gasteiger partial charge in [0.1, 0.15) is 11.5 Å².